The first-order chi connectivity index (χ1) is 9.99. The summed E-state index contributed by atoms with van der Waals surface area (Å²) in [5.74, 6) is -1.15. The standard InChI is InChI=1S/C13H23N5O3/c1-10(2)8-11(12(19)20)9-15-13(21)14-4-3-6-18-7-5-16-17-18/h5,7,10-11H,3-4,6,8-9H2,1-2H3,(H,19,20)(H2,14,15,21). The molecular formula is C13H23N5O3. The lowest BCUT2D eigenvalue weighted by molar-refractivity contribution is -0.142. The first kappa shape index (κ1) is 16.9. The van der Waals surface area contributed by atoms with E-state index in [1.54, 1.807) is 17.1 Å². The van der Waals surface area contributed by atoms with Crippen LogP contribution in [0.2, 0.25) is 0 Å². The Bertz CT molecular complexity index is 433. The molecule has 1 rings (SSSR count). The summed E-state index contributed by atoms with van der Waals surface area (Å²) in [6, 6.07) is -0.344. The number of carbonyl (C=O) groups is 2. The number of amides is 2. The predicted octanol–water partition coefficient (Wildman–Crippen LogP) is 0.714. The zero-order chi connectivity index (χ0) is 15.7. The largest absolute Gasteiger partial charge is 0.481 e. The number of aliphatic carboxylic acids is 1. The molecule has 0 spiro atoms. The molecule has 1 aromatic rings. The van der Waals surface area contributed by atoms with E-state index in [1.807, 2.05) is 13.8 Å². The first-order valence-electron chi connectivity index (χ1n) is 7.07. The Morgan fingerprint density at radius 2 is 2.10 bits per heavy atom. The van der Waals surface area contributed by atoms with Crippen molar-refractivity contribution in [2.45, 2.75) is 33.2 Å². The van der Waals surface area contributed by atoms with E-state index in [4.69, 9.17) is 5.11 Å². The van der Waals surface area contributed by atoms with Gasteiger partial charge in [-0.05, 0) is 18.8 Å². The third kappa shape index (κ3) is 7.28. The Labute approximate surface area is 123 Å². The van der Waals surface area contributed by atoms with Crippen LogP contribution in [0.5, 0.6) is 0 Å². The number of carboxylic acids is 1. The van der Waals surface area contributed by atoms with Crippen molar-refractivity contribution in [2.75, 3.05) is 13.1 Å². The second kappa shape index (κ2) is 8.93. The van der Waals surface area contributed by atoms with E-state index in [0.29, 0.717) is 19.5 Å². The van der Waals surface area contributed by atoms with E-state index in [9.17, 15) is 9.59 Å². The van der Waals surface area contributed by atoms with Crippen LogP contribution >= 0.6 is 0 Å². The molecule has 0 fully saturated rings. The maximum Gasteiger partial charge on any atom is 0.314 e. The van der Waals surface area contributed by atoms with Crippen molar-refractivity contribution in [1.82, 2.24) is 25.6 Å². The van der Waals surface area contributed by atoms with Crippen molar-refractivity contribution in [3.63, 3.8) is 0 Å². The predicted molar refractivity (Wildman–Crippen MR) is 76.6 cm³/mol. The summed E-state index contributed by atoms with van der Waals surface area (Å²) < 4.78 is 1.68. The highest BCUT2D eigenvalue weighted by Crippen LogP contribution is 2.10. The van der Waals surface area contributed by atoms with E-state index in [0.717, 1.165) is 6.42 Å². The molecule has 8 heteroatoms. The summed E-state index contributed by atoms with van der Waals surface area (Å²) in [4.78, 5) is 22.6. The number of nitrogens with one attached hydrogen (secondary N) is 2. The molecule has 1 heterocycles. The smallest absolute Gasteiger partial charge is 0.314 e. The van der Waals surface area contributed by atoms with Gasteiger partial charge in [-0.2, -0.15) is 0 Å². The van der Waals surface area contributed by atoms with Gasteiger partial charge in [0.15, 0.2) is 0 Å². The van der Waals surface area contributed by atoms with Crippen LogP contribution in [0.1, 0.15) is 26.7 Å². The fourth-order valence-corrected chi connectivity index (χ4v) is 1.91. The quantitative estimate of drug-likeness (QED) is 0.582. The third-order valence-corrected chi connectivity index (χ3v) is 2.94. The molecular weight excluding hydrogens is 274 g/mol. The molecule has 0 saturated carbocycles. The number of aromatic nitrogens is 3. The lowest BCUT2D eigenvalue weighted by Gasteiger charge is -2.15. The van der Waals surface area contributed by atoms with Gasteiger partial charge in [-0.25, -0.2) is 4.79 Å². The van der Waals surface area contributed by atoms with Crippen LogP contribution in [0.25, 0.3) is 0 Å². The lowest BCUT2D eigenvalue weighted by Crippen LogP contribution is -2.40. The Hall–Kier alpha value is -2.12. The topological polar surface area (TPSA) is 109 Å². The number of rotatable bonds is 9. The monoisotopic (exact) mass is 297 g/mol. The van der Waals surface area contributed by atoms with Gasteiger partial charge in [0.05, 0.1) is 12.1 Å². The van der Waals surface area contributed by atoms with Crippen LogP contribution in [0.3, 0.4) is 0 Å². The maximum atomic E-state index is 11.6. The molecule has 8 nitrogen and oxygen atoms in total. The SMILES string of the molecule is CC(C)CC(CNC(=O)NCCCn1ccnn1)C(=O)O. The van der Waals surface area contributed by atoms with Crippen molar-refractivity contribution in [2.24, 2.45) is 11.8 Å². The Morgan fingerprint density at radius 1 is 1.33 bits per heavy atom. The molecule has 3 N–H and O–H groups in total. The fraction of sp³-hybridized carbons (Fsp3) is 0.692. The minimum atomic E-state index is -0.879. The molecule has 0 radical (unpaired) electrons. The molecule has 0 saturated heterocycles. The Balaban J connectivity index is 2.16. The van der Waals surface area contributed by atoms with E-state index in [2.05, 4.69) is 20.9 Å². The third-order valence-electron chi connectivity index (χ3n) is 2.94. The van der Waals surface area contributed by atoms with Crippen LogP contribution in [0, 0.1) is 11.8 Å². The van der Waals surface area contributed by atoms with Crippen LogP contribution in [0.15, 0.2) is 12.4 Å². The van der Waals surface area contributed by atoms with E-state index >= 15 is 0 Å². The van der Waals surface area contributed by atoms with Crippen molar-refractivity contribution in [3.8, 4) is 0 Å². The van der Waals surface area contributed by atoms with Crippen molar-refractivity contribution in [3.05, 3.63) is 12.4 Å². The molecule has 2 amide bonds. The molecule has 0 aliphatic rings. The zero-order valence-electron chi connectivity index (χ0n) is 12.5. The van der Waals surface area contributed by atoms with Crippen LogP contribution in [-0.4, -0.2) is 45.2 Å². The van der Waals surface area contributed by atoms with Crippen LogP contribution in [0.4, 0.5) is 4.79 Å². The van der Waals surface area contributed by atoms with E-state index in [1.165, 1.54) is 0 Å². The molecule has 1 unspecified atom stereocenters. The highest BCUT2D eigenvalue weighted by atomic mass is 16.4. The number of carbonyl (C=O) groups excluding carboxylic acids is 1. The fourth-order valence-electron chi connectivity index (χ4n) is 1.91. The number of hydrogen-bond acceptors (Lipinski definition) is 4. The van der Waals surface area contributed by atoms with Crippen molar-refractivity contribution < 1.29 is 14.7 Å². The van der Waals surface area contributed by atoms with Gasteiger partial charge in [-0.15, -0.1) is 5.10 Å². The maximum absolute atomic E-state index is 11.6. The second-order valence-corrected chi connectivity index (χ2v) is 5.32. The van der Waals surface area contributed by atoms with E-state index < -0.39 is 11.9 Å². The normalized spacial score (nSPS) is 12.1. The van der Waals surface area contributed by atoms with Gasteiger partial charge >= 0.3 is 12.0 Å². The molecule has 0 bridgehead atoms. The first-order valence-corrected chi connectivity index (χ1v) is 7.07. The summed E-state index contributed by atoms with van der Waals surface area (Å²) in [5.41, 5.74) is 0. The number of urea groups is 1. The average molecular weight is 297 g/mol. The Morgan fingerprint density at radius 3 is 2.67 bits per heavy atom. The summed E-state index contributed by atoms with van der Waals surface area (Å²) in [5, 5.41) is 21.8. The van der Waals surface area contributed by atoms with Gasteiger partial charge < -0.3 is 15.7 Å². The molecule has 118 valence electrons. The van der Waals surface area contributed by atoms with Gasteiger partial charge in [-0.1, -0.05) is 19.1 Å². The molecule has 0 aliphatic carbocycles. The van der Waals surface area contributed by atoms with Gasteiger partial charge in [-0.3, -0.25) is 9.48 Å². The van der Waals surface area contributed by atoms with Crippen LogP contribution < -0.4 is 10.6 Å². The molecule has 1 atom stereocenters. The molecule has 21 heavy (non-hydrogen) atoms. The number of carboxylic acid groups (broad SMARTS) is 1. The highest BCUT2D eigenvalue weighted by Gasteiger charge is 2.19. The number of hydrogen-bond donors (Lipinski definition) is 3. The van der Waals surface area contributed by atoms with Gasteiger partial charge in [0.25, 0.3) is 0 Å². The molecule has 1 aromatic heterocycles. The lowest BCUT2D eigenvalue weighted by atomic mass is 9.97. The van der Waals surface area contributed by atoms with Gasteiger partial charge in [0.1, 0.15) is 0 Å². The van der Waals surface area contributed by atoms with Gasteiger partial charge in [0, 0.05) is 25.8 Å². The summed E-state index contributed by atoms with van der Waals surface area (Å²) in [6.45, 7) is 5.22. The minimum Gasteiger partial charge on any atom is -0.481 e. The van der Waals surface area contributed by atoms with Crippen molar-refractivity contribution in [1.29, 1.82) is 0 Å². The Kier molecular flexibility index (Phi) is 7.20. The summed E-state index contributed by atoms with van der Waals surface area (Å²) in [6.07, 6.45) is 4.62. The second-order valence-electron chi connectivity index (χ2n) is 5.32. The van der Waals surface area contributed by atoms with Gasteiger partial charge in [0.2, 0.25) is 0 Å². The summed E-state index contributed by atoms with van der Waals surface area (Å²) >= 11 is 0. The zero-order valence-corrected chi connectivity index (χ0v) is 12.5. The van der Waals surface area contributed by atoms with E-state index in [-0.39, 0.29) is 18.5 Å². The van der Waals surface area contributed by atoms with Crippen LogP contribution in [-0.2, 0) is 11.3 Å². The average Bonchev–Trinajstić information content (AvgIpc) is 2.92. The molecule has 0 aromatic carbocycles. The number of nitrogens with zero attached hydrogens (tertiary/aromatic N) is 3. The van der Waals surface area contributed by atoms with Crippen molar-refractivity contribution >= 4 is 12.0 Å². The minimum absolute atomic E-state index is 0.141. The summed E-state index contributed by atoms with van der Waals surface area (Å²) in [7, 11) is 0. The highest BCUT2D eigenvalue weighted by molar-refractivity contribution is 5.75. The molecule has 0 aliphatic heterocycles. The number of aryl methyl sites for hydroxylation is 1.